The normalized spacial score (nSPS) is 12.4. The minimum atomic E-state index is -3.58. The summed E-state index contributed by atoms with van der Waals surface area (Å²) in [4.78, 5) is 17.6. The third-order valence-electron chi connectivity index (χ3n) is 3.72. The molecule has 0 N–H and O–H groups in total. The number of oxazole rings is 1. The molecule has 9 heteroatoms. The smallest absolute Gasteiger partial charge is 0.408 e. The predicted octanol–water partition coefficient (Wildman–Crippen LogP) is 1.97. The minimum absolute atomic E-state index is 0.0886. The van der Waals surface area contributed by atoms with E-state index in [1.165, 1.54) is 42.1 Å². The van der Waals surface area contributed by atoms with Crippen LogP contribution in [0.25, 0.3) is 11.1 Å². The molecule has 2 heterocycles. The Morgan fingerprint density at radius 1 is 1.29 bits per heavy atom. The molecular weight excluding hydrogens is 350 g/mol. The molecule has 128 valence electrons. The summed E-state index contributed by atoms with van der Waals surface area (Å²) >= 11 is 1.53. The number of aromatic nitrogens is 2. The van der Waals surface area contributed by atoms with E-state index in [1.54, 1.807) is 6.07 Å². The van der Waals surface area contributed by atoms with Crippen molar-refractivity contribution in [1.82, 2.24) is 13.9 Å². The third kappa shape index (κ3) is 2.79. The molecule has 3 rings (SSSR count). The standard InChI is InChI=1S/C15H17N3O4S2/c1-9-14(23-10(2)16-9)8-18-12-6-5-11(24(20,21)17(3)4)7-13(12)22-15(18)19/h5-7H,8H2,1-4H3. The van der Waals surface area contributed by atoms with Crippen molar-refractivity contribution in [3.63, 3.8) is 0 Å². The van der Waals surface area contributed by atoms with Gasteiger partial charge in [0.05, 0.1) is 27.7 Å². The number of rotatable bonds is 4. The summed E-state index contributed by atoms with van der Waals surface area (Å²) in [5, 5.41) is 0.933. The van der Waals surface area contributed by atoms with Crippen LogP contribution >= 0.6 is 11.3 Å². The Balaban J connectivity index is 2.10. The molecule has 7 nitrogen and oxygen atoms in total. The fourth-order valence-electron chi connectivity index (χ4n) is 2.43. The molecule has 0 bridgehead atoms. The van der Waals surface area contributed by atoms with Crippen LogP contribution in [0.1, 0.15) is 15.6 Å². The first-order valence-electron chi connectivity index (χ1n) is 7.19. The highest BCUT2D eigenvalue weighted by Crippen LogP contribution is 2.23. The highest BCUT2D eigenvalue weighted by Gasteiger charge is 2.20. The van der Waals surface area contributed by atoms with Gasteiger partial charge < -0.3 is 4.42 Å². The van der Waals surface area contributed by atoms with Crippen LogP contribution in [0, 0.1) is 13.8 Å². The lowest BCUT2D eigenvalue weighted by molar-refractivity contribution is 0.514. The first-order chi connectivity index (χ1) is 11.2. The van der Waals surface area contributed by atoms with Gasteiger partial charge in [0.2, 0.25) is 10.0 Å². The van der Waals surface area contributed by atoms with Crippen LogP contribution in [-0.4, -0.2) is 36.4 Å². The van der Waals surface area contributed by atoms with E-state index >= 15 is 0 Å². The Bertz CT molecular complexity index is 1070. The Hall–Kier alpha value is -1.97. The third-order valence-corrected chi connectivity index (χ3v) is 6.59. The van der Waals surface area contributed by atoms with Crippen LogP contribution in [0.4, 0.5) is 0 Å². The number of hydrogen-bond acceptors (Lipinski definition) is 6. The highest BCUT2D eigenvalue weighted by molar-refractivity contribution is 7.89. The molecule has 0 aliphatic rings. The molecular formula is C15H17N3O4S2. The first kappa shape index (κ1) is 16.9. The largest absolute Gasteiger partial charge is 0.420 e. The van der Waals surface area contributed by atoms with E-state index in [9.17, 15) is 13.2 Å². The van der Waals surface area contributed by atoms with E-state index < -0.39 is 15.8 Å². The fraction of sp³-hybridized carbons (Fsp3) is 0.333. The van der Waals surface area contributed by atoms with Gasteiger partial charge in [-0.05, 0) is 26.0 Å². The molecule has 0 aliphatic carbocycles. The van der Waals surface area contributed by atoms with Gasteiger partial charge in [-0.1, -0.05) is 0 Å². The number of benzene rings is 1. The van der Waals surface area contributed by atoms with Crippen molar-refractivity contribution in [3.05, 3.63) is 44.3 Å². The van der Waals surface area contributed by atoms with E-state index in [1.807, 2.05) is 13.8 Å². The minimum Gasteiger partial charge on any atom is -0.408 e. The average Bonchev–Trinajstić information content (AvgIpc) is 2.98. The van der Waals surface area contributed by atoms with Crippen LogP contribution in [0.15, 0.2) is 32.3 Å². The Kier molecular flexibility index (Phi) is 4.10. The Morgan fingerprint density at radius 2 is 2.00 bits per heavy atom. The second-order valence-electron chi connectivity index (χ2n) is 5.61. The van der Waals surface area contributed by atoms with Crippen LogP contribution in [-0.2, 0) is 16.6 Å². The molecule has 1 aromatic carbocycles. The Morgan fingerprint density at radius 3 is 2.58 bits per heavy atom. The molecule has 0 atom stereocenters. The van der Waals surface area contributed by atoms with Gasteiger partial charge in [0.1, 0.15) is 0 Å². The summed E-state index contributed by atoms with van der Waals surface area (Å²) in [6, 6.07) is 4.46. The highest BCUT2D eigenvalue weighted by atomic mass is 32.2. The number of thiazole rings is 1. The summed E-state index contributed by atoms with van der Waals surface area (Å²) in [5.74, 6) is -0.519. The maximum atomic E-state index is 12.2. The van der Waals surface area contributed by atoms with Crippen molar-refractivity contribution in [3.8, 4) is 0 Å². The van der Waals surface area contributed by atoms with Gasteiger partial charge in [0.15, 0.2) is 5.58 Å². The topological polar surface area (TPSA) is 85.4 Å². The van der Waals surface area contributed by atoms with Gasteiger partial charge in [-0.25, -0.2) is 22.5 Å². The van der Waals surface area contributed by atoms with Crippen molar-refractivity contribution < 1.29 is 12.8 Å². The lowest BCUT2D eigenvalue weighted by atomic mass is 10.3. The number of nitrogens with zero attached hydrogens (tertiary/aromatic N) is 3. The van der Waals surface area contributed by atoms with Gasteiger partial charge in [0, 0.05) is 25.0 Å². The van der Waals surface area contributed by atoms with E-state index in [0.717, 1.165) is 19.9 Å². The van der Waals surface area contributed by atoms with Crippen molar-refractivity contribution >= 4 is 32.5 Å². The van der Waals surface area contributed by atoms with Crippen molar-refractivity contribution in [2.75, 3.05) is 14.1 Å². The zero-order valence-electron chi connectivity index (χ0n) is 13.7. The summed E-state index contributed by atoms with van der Waals surface area (Å²) < 4.78 is 32.2. The zero-order chi connectivity index (χ0) is 17.6. The van der Waals surface area contributed by atoms with Crippen molar-refractivity contribution in [2.24, 2.45) is 0 Å². The Labute approximate surface area is 143 Å². The van der Waals surface area contributed by atoms with Gasteiger partial charge >= 0.3 is 5.76 Å². The first-order valence-corrected chi connectivity index (χ1v) is 9.44. The lowest BCUT2D eigenvalue weighted by Gasteiger charge is -2.10. The van der Waals surface area contributed by atoms with Gasteiger partial charge in [0.25, 0.3) is 0 Å². The maximum Gasteiger partial charge on any atom is 0.420 e. The summed E-state index contributed by atoms with van der Waals surface area (Å²) in [6.07, 6.45) is 0. The van der Waals surface area contributed by atoms with Crippen LogP contribution in [0.5, 0.6) is 0 Å². The summed E-state index contributed by atoms with van der Waals surface area (Å²) in [5.41, 5.74) is 1.69. The van der Waals surface area contributed by atoms with Gasteiger partial charge in [-0.2, -0.15) is 0 Å². The van der Waals surface area contributed by atoms with E-state index in [4.69, 9.17) is 4.42 Å². The molecule has 0 saturated carbocycles. The van der Waals surface area contributed by atoms with E-state index in [2.05, 4.69) is 4.98 Å². The van der Waals surface area contributed by atoms with Crippen molar-refractivity contribution in [1.29, 1.82) is 0 Å². The van der Waals surface area contributed by atoms with E-state index in [0.29, 0.717) is 12.1 Å². The lowest BCUT2D eigenvalue weighted by Crippen LogP contribution is -2.22. The quantitative estimate of drug-likeness (QED) is 0.704. The molecule has 24 heavy (non-hydrogen) atoms. The molecule has 0 unspecified atom stereocenters. The van der Waals surface area contributed by atoms with Crippen LogP contribution in [0.3, 0.4) is 0 Å². The number of aryl methyl sites for hydroxylation is 2. The second kappa shape index (κ2) is 5.83. The molecule has 3 aromatic rings. The molecule has 2 aromatic heterocycles. The fourth-order valence-corrected chi connectivity index (χ4v) is 4.28. The monoisotopic (exact) mass is 367 g/mol. The van der Waals surface area contributed by atoms with Gasteiger partial charge in [-0.15, -0.1) is 11.3 Å². The molecule has 0 fully saturated rings. The average molecular weight is 367 g/mol. The molecule has 0 aliphatic heterocycles. The second-order valence-corrected chi connectivity index (χ2v) is 9.05. The molecule has 0 spiro atoms. The SMILES string of the molecule is Cc1nc(C)c(Cn2c(=O)oc3cc(S(=O)(=O)N(C)C)ccc32)s1. The summed E-state index contributed by atoms with van der Waals surface area (Å²) in [6.45, 7) is 4.16. The van der Waals surface area contributed by atoms with Crippen LogP contribution < -0.4 is 5.76 Å². The number of fused-ring (bicyclic) bond motifs is 1. The van der Waals surface area contributed by atoms with Crippen LogP contribution in [0.2, 0.25) is 0 Å². The maximum absolute atomic E-state index is 12.2. The number of hydrogen-bond donors (Lipinski definition) is 0. The zero-order valence-corrected chi connectivity index (χ0v) is 15.4. The molecule has 0 radical (unpaired) electrons. The van der Waals surface area contributed by atoms with E-state index in [-0.39, 0.29) is 10.5 Å². The van der Waals surface area contributed by atoms with Crippen molar-refractivity contribution in [2.45, 2.75) is 25.3 Å². The molecule has 0 amide bonds. The summed E-state index contributed by atoms with van der Waals surface area (Å²) in [7, 11) is -0.672. The predicted molar refractivity (Wildman–Crippen MR) is 92.0 cm³/mol. The number of sulfonamides is 1. The van der Waals surface area contributed by atoms with Gasteiger partial charge in [-0.3, -0.25) is 4.57 Å². The molecule has 0 saturated heterocycles.